The van der Waals surface area contributed by atoms with Crippen LogP contribution in [0.4, 0.5) is 0 Å². The van der Waals surface area contributed by atoms with Crippen molar-refractivity contribution in [1.29, 1.82) is 0 Å². The maximum Gasteiger partial charge on any atom is 0.268 e. The minimum absolute atomic E-state index is 0.0822. The van der Waals surface area contributed by atoms with Crippen LogP contribution in [0.5, 0.6) is 0 Å². The highest BCUT2D eigenvalue weighted by atomic mass is 31.2. The molecule has 0 spiro atoms. The highest BCUT2D eigenvalue weighted by Crippen LogP contribution is 2.38. The number of hydrogen-bond donors (Lipinski definition) is 1. The van der Waals surface area contributed by atoms with Crippen LogP contribution in [0.2, 0.25) is 0 Å². The molecule has 5 nitrogen and oxygen atoms in total. The Balaban J connectivity index is 3.64. The summed E-state index contributed by atoms with van der Waals surface area (Å²) in [6, 6.07) is 0. The van der Waals surface area contributed by atoms with Gasteiger partial charge in [-0.15, -0.1) is 0 Å². The highest BCUT2D eigenvalue weighted by Gasteiger charge is 2.09. The minimum Gasteiger partial charge on any atom is -0.756 e. The van der Waals surface area contributed by atoms with Crippen LogP contribution in [-0.4, -0.2) is 19.8 Å². The Labute approximate surface area is 72.5 Å². The maximum absolute atomic E-state index is 10.8. The Hall–Kier alpha value is 0.0700. The van der Waals surface area contributed by atoms with Gasteiger partial charge < -0.3 is 19.7 Å². The van der Waals surface area contributed by atoms with Crippen LogP contribution in [0, 0.1) is 5.92 Å². The summed E-state index contributed by atoms with van der Waals surface area (Å²) >= 11 is 0. The average Bonchev–Trinajstić information content (AvgIpc) is 1.98. The number of phosphoric acid groups is 1. The zero-order valence-corrected chi connectivity index (χ0v) is 8.38. The van der Waals surface area contributed by atoms with E-state index in [-0.39, 0.29) is 19.1 Å². The van der Waals surface area contributed by atoms with E-state index in [1.807, 2.05) is 13.8 Å². The quantitative estimate of drug-likeness (QED) is 0.575. The van der Waals surface area contributed by atoms with Gasteiger partial charge in [0.15, 0.2) is 0 Å². The normalized spacial score (nSPS) is 16.4. The van der Waals surface area contributed by atoms with Crippen LogP contribution >= 0.6 is 7.82 Å². The largest absolute Gasteiger partial charge is 0.756 e. The van der Waals surface area contributed by atoms with E-state index in [0.29, 0.717) is 6.54 Å². The van der Waals surface area contributed by atoms with Gasteiger partial charge in [-0.25, -0.2) is 0 Å². The van der Waals surface area contributed by atoms with E-state index < -0.39 is 7.82 Å². The monoisotopic (exact) mass is 197 g/mol. The van der Waals surface area contributed by atoms with Gasteiger partial charge in [-0.1, -0.05) is 13.8 Å². The van der Waals surface area contributed by atoms with Crippen molar-refractivity contribution < 1.29 is 24.2 Å². The number of quaternary nitrogens is 1. The zero-order valence-electron chi connectivity index (χ0n) is 7.49. The predicted octanol–water partition coefficient (Wildman–Crippen LogP) is -0.614. The number of rotatable bonds is 6. The molecule has 0 rings (SSSR count). The number of phosphoric ester groups is 1. The molecule has 0 aliphatic rings. The molecule has 0 heterocycles. The second-order valence-corrected chi connectivity index (χ2v) is 4.23. The Kier molecular flexibility index (Phi) is 5.70. The lowest BCUT2D eigenvalue weighted by atomic mass is 10.2. The van der Waals surface area contributed by atoms with Crippen molar-refractivity contribution in [3.05, 3.63) is 0 Å². The van der Waals surface area contributed by atoms with Crippen molar-refractivity contribution in [2.24, 2.45) is 5.92 Å². The summed E-state index contributed by atoms with van der Waals surface area (Å²) < 4.78 is 19.8. The molecule has 0 saturated carbocycles. The van der Waals surface area contributed by atoms with Gasteiger partial charge in [-0.2, -0.15) is 0 Å². The van der Waals surface area contributed by atoms with Crippen molar-refractivity contribution in [3.8, 4) is 0 Å². The predicted molar refractivity (Wildman–Crippen MR) is 42.1 cm³/mol. The number of hydrogen-bond acceptors (Lipinski definition) is 4. The van der Waals surface area contributed by atoms with Crippen LogP contribution in [0.15, 0.2) is 0 Å². The van der Waals surface area contributed by atoms with Gasteiger partial charge in [0.25, 0.3) is 7.82 Å². The van der Waals surface area contributed by atoms with Crippen LogP contribution in [-0.2, 0) is 13.6 Å². The van der Waals surface area contributed by atoms with Crippen LogP contribution in [0.25, 0.3) is 0 Å². The molecule has 0 aromatic heterocycles. The van der Waals surface area contributed by atoms with Crippen LogP contribution < -0.4 is 10.6 Å². The molecule has 12 heavy (non-hydrogen) atoms. The summed E-state index contributed by atoms with van der Waals surface area (Å²) in [6.07, 6.45) is 0. The van der Waals surface area contributed by atoms with Gasteiger partial charge in [0.2, 0.25) is 0 Å². The SMILES string of the molecule is CC(C)COP(=O)([O-])OCC[NH3+]. The van der Waals surface area contributed by atoms with E-state index in [0.717, 1.165) is 0 Å². The summed E-state index contributed by atoms with van der Waals surface area (Å²) in [4.78, 5) is 10.8. The molecular weight excluding hydrogens is 181 g/mol. The molecule has 0 saturated heterocycles. The van der Waals surface area contributed by atoms with Crippen LogP contribution in [0.1, 0.15) is 13.8 Å². The van der Waals surface area contributed by atoms with E-state index in [9.17, 15) is 9.46 Å². The van der Waals surface area contributed by atoms with E-state index in [1.165, 1.54) is 0 Å². The summed E-state index contributed by atoms with van der Waals surface area (Å²) in [5.41, 5.74) is 3.44. The molecule has 0 bridgehead atoms. The van der Waals surface area contributed by atoms with E-state index in [4.69, 9.17) is 0 Å². The first-order chi connectivity index (χ1) is 5.48. The summed E-state index contributed by atoms with van der Waals surface area (Å²) in [5.74, 6) is 0.177. The van der Waals surface area contributed by atoms with Crippen molar-refractivity contribution >= 4 is 7.82 Å². The van der Waals surface area contributed by atoms with Crippen molar-refractivity contribution in [3.63, 3.8) is 0 Å². The first-order valence-corrected chi connectivity index (χ1v) is 5.33. The molecule has 0 radical (unpaired) electrons. The summed E-state index contributed by atoms with van der Waals surface area (Å²) in [5, 5.41) is 0. The minimum atomic E-state index is -4.05. The van der Waals surface area contributed by atoms with Gasteiger partial charge >= 0.3 is 0 Å². The second kappa shape index (κ2) is 5.67. The fraction of sp³-hybridized carbons (Fsp3) is 1.00. The molecule has 0 aromatic rings. The van der Waals surface area contributed by atoms with Gasteiger partial charge in [-0.05, 0) is 5.92 Å². The van der Waals surface area contributed by atoms with E-state index in [1.54, 1.807) is 0 Å². The molecular formula is C6H16NO4P. The highest BCUT2D eigenvalue weighted by molar-refractivity contribution is 7.45. The lowest BCUT2D eigenvalue weighted by molar-refractivity contribution is -0.373. The van der Waals surface area contributed by atoms with Crippen LogP contribution in [0.3, 0.4) is 0 Å². The standard InChI is InChI=1S/C6H16NO4P/c1-6(2)5-11-12(8,9)10-4-3-7/h6H,3-5,7H2,1-2H3,(H,8,9). The van der Waals surface area contributed by atoms with Crippen molar-refractivity contribution in [2.45, 2.75) is 13.8 Å². The maximum atomic E-state index is 10.8. The molecule has 0 aliphatic carbocycles. The Morgan fingerprint density at radius 3 is 2.50 bits per heavy atom. The fourth-order valence-corrected chi connectivity index (χ4v) is 1.36. The van der Waals surface area contributed by atoms with Crippen molar-refractivity contribution in [1.82, 2.24) is 0 Å². The summed E-state index contributed by atoms with van der Waals surface area (Å²) in [7, 11) is -4.05. The summed E-state index contributed by atoms with van der Waals surface area (Å²) in [6.45, 7) is 4.39. The average molecular weight is 197 g/mol. The lowest BCUT2D eigenvalue weighted by Crippen LogP contribution is -2.52. The van der Waals surface area contributed by atoms with E-state index in [2.05, 4.69) is 14.8 Å². The molecule has 74 valence electrons. The molecule has 0 fully saturated rings. The third kappa shape index (κ3) is 6.76. The molecule has 0 amide bonds. The van der Waals surface area contributed by atoms with Gasteiger partial charge in [0, 0.05) is 0 Å². The third-order valence-electron chi connectivity index (χ3n) is 0.960. The topological polar surface area (TPSA) is 86.2 Å². The molecule has 1 unspecified atom stereocenters. The Morgan fingerprint density at radius 1 is 1.50 bits per heavy atom. The molecule has 6 heteroatoms. The smallest absolute Gasteiger partial charge is 0.268 e. The zero-order chi connectivity index (χ0) is 9.61. The van der Waals surface area contributed by atoms with E-state index >= 15 is 0 Å². The first-order valence-electron chi connectivity index (χ1n) is 3.87. The Morgan fingerprint density at radius 2 is 2.08 bits per heavy atom. The third-order valence-corrected chi connectivity index (χ3v) is 1.92. The van der Waals surface area contributed by atoms with Gasteiger partial charge in [0.05, 0.1) is 13.2 Å². The lowest BCUT2D eigenvalue weighted by Gasteiger charge is -2.22. The second-order valence-electron chi connectivity index (χ2n) is 2.82. The fourth-order valence-electron chi connectivity index (χ4n) is 0.454. The first kappa shape index (κ1) is 12.1. The molecule has 3 N–H and O–H groups in total. The molecule has 0 aliphatic heterocycles. The Bertz CT molecular complexity index is 162. The van der Waals surface area contributed by atoms with Gasteiger partial charge in [0.1, 0.15) is 6.61 Å². The van der Waals surface area contributed by atoms with Gasteiger partial charge in [-0.3, -0.25) is 4.57 Å². The molecule has 1 atom stereocenters. The molecule has 0 aromatic carbocycles. The van der Waals surface area contributed by atoms with Crippen molar-refractivity contribution in [2.75, 3.05) is 19.8 Å².